The van der Waals surface area contributed by atoms with Crippen LogP contribution in [0.5, 0.6) is 0 Å². The van der Waals surface area contributed by atoms with Crippen LogP contribution in [0.1, 0.15) is 11.4 Å². The van der Waals surface area contributed by atoms with Crippen LogP contribution < -0.4 is 5.32 Å². The van der Waals surface area contributed by atoms with E-state index in [1.165, 1.54) is 0 Å². The van der Waals surface area contributed by atoms with Gasteiger partial charge < -0.3 is 5.32 Å². The van der Waals surface area contributed by atoms with Crippen LogP contribution in [0.2, 0.25) is 0 Å². The standard InChI is InChI=1S/C19H18N6/c1-14-19(13-25(24-14)16-7-3-2-4-8-16)21-12-15-11-18(23-22-15)17-9-5-6-10-20-17/h2-11,13,21H,12H2,1H3,(H,22,23). The van der Waals surface area contributed by atoms with Gasteiger partial charge in [-0.05, 0) is 37.3 Å². The summed E-state index contributed by atoms with van der Waals surface area (Å²) in [5, 5.41) is 15.4. The molecule has 0 atom stereocenters. The third-order valence-electron chi connectivity index (χ3n) is 3.95. The number of hydrogen-bond acceptors (Lipinski definition) is 4. The van der Waals surface area contributed by atoms with Gasteiger partial charge in [0, 0.05) is 6.20 Å². The number of rotatable bonds is 5. The maximum Gasteiger partial charge on any atom is 0.111 e. The van der Waals surface area contributed by atoms with Crippen LogP contribution in [-0.2, 0) is 6.54 Å². The zero-order valence-corrected chi connectivity index (χ0v) is 13.8. The summed E-state index contributed by atoms with van der Waals surface area (Å²) in [5.74, 6) is 0. The molecule has 2 N–H and O–H groups in total. The van der Waals surface area contributed by atoms with Gasteiger partial charge in [0.05, 0.1) is 41.2 Å². The molecule has 0 unspecified atom stereocenters. The molecular weight excluding hydrogens is 312 g/mol. The lowest BCUT2D eigenvalue weighted by molar-refractivity contribution is 0.863. The topological polar surface area (TPSA) is 71.4 Å². The van der Waals surface area contributed by atoms with E-state index in [0.717, 1.165) is 34.2 Å². The Morgan fingerprint density at radius 1 is 1.04 bits per heavy atom. The van der Waals surface area contributed by atoms with Crippen LogP contribution in [0.3, 0.4) is 0 Å². The zero-order valence-electron chi connectivity index (χ0n) is 13.8. The number of nitrogens with one attached hydrogen (secondary N) is 2. The highest BCUT2D eigenvalue weighted by Crippen LogP contribution is 2.18. The third kappa shape index (κ3) is 3.28. The number of nitrogens with zero attached hydrogens (tertiary/aromatic N) is 4. The molecule has 0 spiro atoms. The van der Waals surface area contributed by atoms with Gasteiger partial charge >= 0.3 is 0 Å². The lowest BCUT2D eigenvalue weighted by atomic mass is 10.2. The molecule has 0 bridgehead atoms. The summed E-state index contributed by atoms with van der Waals surface area (Å²) >= 11 is 0. The minimum Gasteiger partial charge on any atom is -0.377 e. The molecule has 6 heteroatoms. The van der Waals surface area contributed by atoms with E-state index >= 15 is 0 Å². The van der Waals surface area contributed by atoms with Crippen LogP contribution in [-0.4, -0.2) is 25.0 Å². The van der Waals surface area contributed by atoms with Gasteiger partial charge in [-0.2, -0.15) is 10.2 Å². The van der Waals surface area contributed by atoms with Crippen molar-refractivity contribution in [2.75, 3.05) is 5.32 Å². The molecule has 124 valence electrons. The number of anilines is 1. The molecule has 6 nitrogen and oxygen atoms in total. The summed E-state index contributed by atoms with van der Waals surface area (Å²) in [6.07, 6.45) is 3.77. The molecule has 0 fully saturated rings. The van der Waals surface area contributed by atoms with Crippen LogP contribution in [0.15, 0.2) is 67.0 Å². The minimum absolute atomic E-state index is 0.640. The fraction of sp³-hybridized carbons (Fsp3) is 0.105. The number of aromatic nitrogens is 5. The molecule has 3 aromatic heterocycles. The summed E-state index contributed by atoms with van der Waals surface area (Å²) in [6.45, 7) is 2.63. The summed E-state index contributed by atoms with van der Waals surface area (Å²) in [7, 11) is 0. The van der Waals surface area contributed by atoms with E-state index < -0.39 is 0 Å². The lowest BCUT2D eigenvalue weighted by Gasteiger charge is -2.02. The second kappa shape index (κ2) is 6.60. The highest BCUT2D eigenvalue weighted by Gasteiger charge is 2.08. The maximum atomic E-state index is 4.56. The predicted molar refractivity (Wildman–Crippen MR) is 97.4 cm³/mol. The lowest BCUT2D eigenvalue weighted by Crippen LogP contribution is -2.00. The molecule has 0 radical (unpaired) electrons. The van der Waals surface area contributed by atoms with Crippen molar-refractivity contribution in [2.24, 2.45) is 0 Å². The number of para-hydroxylation sites is 1. The number of aryl methyl sites for hydroxylation is 1. The fourth-order valence-corrected chi connectivity index (χ4v) is 2.63. The number of H-pyrrole nitrogens is 1. The van der Waals surface area contributed by atoms with Crippen molar-refractivity contribution in [2.45, 2.75) is 13.5 Å². The summed E-state index contributed by atoms with van der Waals surface area (Å²) < 4.78 is 1.88. The summed E-state index contributed by atoms with van der Waals surface area (Å²) in [6, 6.07) is 17.9. The highest BCUT2D eigenvalue weighted by atomic mass is 15.3. The zero-order chi connectivity index (χ0) is 17.1. The quantitative estimate of drug-likeness (QED) is 0.587. The van der Waals surface area contributed by atoms with Crippen LogP contribution in [0, 0.1) is 6.92 Å². The van der Waals surface area contributed by atoms with Crippen molar-refractivity contribution >= 4 is 5.69 Å². The van der Waals surface area contributed by atoms with Gasteiger partial charge in [-0.25, -0.2) is 4.68 Å². The molecule has 25 heavy (non-hydrogen) atoms. The third-order valence-corrected chi connectivity index (χ3v) is 3.95. The molecule has 4 aromatic rings. The Labute approximate surface area is 145 Å². The van der Waals surface area contributed by atoms with Crippen LogP contribution >= 0.6 is 0 Å². The Morgan fingerprint density at radius 2 is 1.88 bits per heavy atom. The molecule has 0 aliphatic heterocycles. The van der Waals surface area contributed by atoms with Crippen molar-refractivity contribution in [3.05, 3.63) is 78.4 Å². The van der Waals surface area contributed by atoms with E-state index in [4.69, 9.17) is 0 Å². The van der Waals surface area contributed by atoms with E-state index in [2.05, 4.69) is 25.6 Å². The van der Waals surface area contributed by atoms with Crippen molar-refractivity contribution < 1.29 is 0 Å². The van der Waals surface area contributed by atoms with Crippen molar-refractivity contribution in [1.82, 2.24) is 25.0 Å². The van der Waals surface area contributed by atoms with Gasteiger partial charge in [0.15, 0.2) is 0 Å². The normalized spacial score (nSPS) is 10.8. The first-order valence-corrected chi connectivity index (χ1v) is 8.11. The van der Waals surface area contributed by atoms with Crippen molar-refractivity contribution in [1.29, 1.82) is 0 Å². The molecule has 0 amide bonds. The van der Waals surface area contributed by atoms with E-state index in [-0.39, 0.29) is 0 Å². The van der Waals surface area contributed by atoms with Gasteiger partial charge in [0.1, 0.15) is 5.69 Å². The summed E-state index contributed by atoms with van der Waals surface area (Å²) in [4.78, 5) is 4.32. The second-order valence-electron chi connectivity index (χ2n) is 5.76. The Hall–Kier alpha value is -3.41. The second-order valence-corrected chi connectivity index (χ2v) is 5.76. The van der Waals surface area contributed by atoms with Gasteiger partial charge in [0.2, 0.25) is 0 Å². The molecule has 1 aromatic carbocycles. The molecule has 4 rings (SSSR count). The van der Waals surface area contributed by atoms with Gasteiger partial charge in [-0.15, -0.1) is 0 Å². The van der Waals surface area contributed by atoms with E-state index in [1.54, 1.807) is 6.20 Å². The van der Waals surface area contributed by atoms with Crippen molar-refractivity contribution in [3.63, 3.8) is 0 Å². The monoisotopic (exact) mass is 330 g/mol. The molecule has 0 saturated heterocycles. The highest BCUT2D eigenvalue weighted by molar-refractivity contribution is 5.54. The van der Waals surface area contributed by atoms with Crippen LogP contribution in [0.25, 0.3) is 17.1 Å². The maximum absolute atomic E-state index is 4.56. The van der Waals surface area contributed by atoms with Crippen LogP contribution in [0.4, 0.5) is 5.69 Å². The fourth-order valence-electron chi connectivity index (χ4n) is 2.63. The first-order chi connectivity index (χ1) is 12.3. The van der Waals surface area contributed by atoms with E-state index in [9.17, 15) is 0 Å². The number of hydrogen-bond donors (Lipinski definition) is 2. The van der Waals surface area contributed by atoms with Gasteiger partial charge in [-0.1, -0.05) is 24.3 Å². The van der Waals surface area contributed by atoms with Gasteiger partial charge in [0.25, 0.3) is 0 Å². The first kappa shape index (κ1) is 15.1. The SMILES string of the molecule is Cc1nn(-c2ccccc2)cc1NCc1cc(-c2ccccn2)n[nH]1. The average Bonchev–Trinajstić information content (AvgIpc) is 3.28. The average molecular weight is 330 g/mol. The van der Waals surface area contributed by atoms with E-state index in [0.29, 0.717) is 6.54 Å². The Bertz CT molecular complexity index is 956. The summed E-state index contributed by atoms with van der Waals surface area (Å²) in [5.41, 5.74) is 5.68. The number of aromatic amines is 1. The number of benzene rings is 1. The van der Waals surface area contributed by atoms with Crippen molar-refractivity contribution in [3.8, 4) is 17.1 Å². The van der Waals surface area contributed by atoms with Gasteiger partial charge in [-0.3, -0.25) is 10.1 Å². The smallest absolute Gasteiger partial charge is 0.111 e. The first-order valence-electron chi connectivity index (χ1n) is 8.11. The Morgan fingerprint density at radius 3 is 2.68 bits per heavy atom. The Kier molecular flexibility index (Phi) is 4.00. The molecule has 0 aliphatic carbocycles. The molecule has 0 aliphatic rings. The number of pyridine rings is 1. The molecular formula is C19H18N6. The predicted octanol–water partition coefficient (Wildman–Crippen LogP) is 3.58. The molecule has 3 heterocycles. The van der Waals surface area contributed by atoms with E-state index in [1.807, 2.05) is 72.4 Å². The minimum atomic E-state index is 0.640. The Balaban J connectivity index is 1.47. The molecule has 0 saturated carbocycles. The largest absolute Gasteiger partial charge is 0.377 e.